The lowest BCUT2D eigenvalue weighted by Crippen LogP contribution is -2.08. The summed E-state index contributed by atoms with van der Waals surface area (Å²) in [7, 11) is -3.19. The molecule has 0 unspecified atom stereocenters. The Hall–Kier alpha value is -0.630. The quantitative estimate of drug-likeness (QED) is 0.834. The molecule has 82 valence electrons. The monoisotopic (exact) mass is 339 g/mol. The van der Waals surface area contributed by atoms with Gasteiger partial charge in [0.2, 0.25) is 5.91 Å². The van der Waals surface area contributed by atoms with Crippen molar-refractivity contribution in [2.45, 2.75) is 11.8 Å². The van der Waals surface area contributed by atoms with Gasteiger partial charge in [0.15, 0.2) is 9.84 Å². The van der Waals surface area contributed by atoms with Gasteiger partial charge in [0.1, 0.15) is 0 Å². The van der Waals surface area contributed by atoms with Crippen molar-refractivity contribution < 1.29 is 13.2 Å². The van der Waals surface area contributed by atoms with Gasteiger partial charge in [-0.15, -0.1) is 0 Å². The first-order valence-electron chi connectivity index (χ1n) is 4.08. The van der Waals surface area contributed by atoms with E-state index >= 15 is 0 Å². The average Bonchev–Trinajstić information content (AvgIpc) is 2.05. The van der Waals surface area contributed by atoms with E-state index in [2.05, 4.69) is 5.32 Å². The number of nitrogens with one attached hydrogen (secondary N) is 1. The van der Waals surface area contributed by atoms with Crippen LogP contribution in [-0.4, -0.2) is 20.6 Å². The van der Waals surface area contributed by atoms with Crippen molar-refractivity contribution in [3.05, 3.63) is 21.8 Å². The molecule has 1 aromatic carbocycles. The van der Waals surface area contributed by atoms with Gasteiger partial charge in [0, 0.05) is 16.7 Å². The molecule has 0 radical (unpaired) electrons. The van der Waals surface area contributed by atoms with Crippen molar-refractivity contribution in [3.63, 3.8) is 0 Å². The van der Waals surface area contributed by atoms with Crippen molar-refractivity contribution in [1.29, 1.82) is 0 Å². The van der Waals surface area contributed by atoms with Gasteiger partial charge in [-0.05, 0) is 40.8 Å². The minimum Gasteiger partial charge on any atom is -0.325 e. The van der Waals surface area contributed by atoms with Crippen LogP contribution in [0.15, 0.2) is 23.1 Å². The Morgan fingerprint density at radius 3 is 2.40 bits per heavy atom. The molecule has 0 aromatic heterocycles. The molecular weight excluding hydrogens is 329 g/mol. The minimum atomic E-state index is -3.19. The molecule has 1 amide bonds. The number of carbonyl (C=O) groups is 1. The molecule has 1 aromatic rings. The molecule has 6 heteroatoms. The van der Waals surface area contributed by atoms with Gasteiger partial charge in [0.25, 0.3) is 0 Å². The van der Waals surface area contributed by atoms with Gasteiger partial charge < -0.3 is 5.32 Å². The molecule has 0 atom stereocenters. The second-order valence-electron chi connectivity index (χ2n) is 3.10. The summed E-state index contributed by atoms with van der Waals surface area (Å²) >= 11 is 1.98. The molecule has 0 fully saturated rings. The van der Waals surface area contributed by atoms with Crippen LogP contribution in [0.4, 0.5) is 5.69 Å². The molecule has 0 spiro atoms. The summed E-state index contributed by atoms with van der Waals surface area (Å²) in [5.74, 6) is -0.181. The smallest absolute Gasteiger partial charge is 0.221 e. The summed E-state index contributed by atoms with van der Waals surface area (Å²) in [5.41, 5.74) is 0.621. The maximum absolute atomic E-state index is 11.2. The maximum Gasteiger partial charge on any atom is 0.221 e. The second-order valence-corrected chi connectivity index (χ2v) is 6.27. The molecule has 0 aliphatic carbocycles. The third kappa shape index (κ3) is 3.45. The largest absolute Gasteiger partial charge is 0.325 e. The first-order chi connectivity index (χ1) is 6.80. The number of rotatable bonds is 2. The summed E-state index contributed by atoms with van der Waals surface area (Å²) in [6, 6.07) is 4.59. The summed E-state index contributed by atoms with van der Waals surface area (Å²) in [6.07, 6.45) is 1.15. The zero-order chi connectivity index (χ0) is 11.6. The van der Waals surface area contributed by atoms with Gasteiger partial charge in [-0.2, -0.15) is 0 Å². The number of carbonyl (C=O) groups excluding carboxylic acids is 1. The third-order valence-corrected chi connectivity index (χ3v) is 3.68. The van der Waals surface area contributed by atoms with Crippen molar-refractivity contribution >= 4 is 44.0 Å². The van der Waals surface area contributed by atoms with Crippen molar-refractivity contribution in [1.82, 2.24) is 0 Å². The predicted molar refractivity (Wildman–Crippen MR) is 66.6 cm³/mol. The number of sulfone groups is 1. The molecule has 0 heterocycles. The van der Waals surface area contributed by atoms with Crippen LogP contribution in [0.3, 0.4) is 0 Å². The van der Waals surface area contributed by atoms with Gasteiger partial charge in [-0.25, -0.2) is 8.42 Å². The zero-order valence-electron chi connectivity index (χ0n) is 8.24. The summed E-state index contributed by atoms with van der Waals surface area (Å²) in [5, 5.41) is 2.61. The van der Waals surface area contributed by atoms with Crippen LogP contribution >= 0.6 is 22.6 Å². The molecule has 0 aliphatic rings. The molecule has 1 N–H and O–H groups in total. The molecule has 0 saturated carbocycles. The van der Waals surface area contributed by atoms with E-state index in [0.717, 1.165) is 6.26 Å². The highest BCUT2D eigenvalue weighted by molar-refractivity contribution is 14.1. The topological polar surface area (TPSA) is 63.2 Å². The van der Waals surface area contributed by atoms with E-state index < -0.39 is 9.84 Å². The average molecular weight is 339 g/mol. The Labute approximate surface area is 102 Å². The van der Waals surface area contributed by atoms with E-state index in [-0.39, 0.29) is 10.8 Å². The van der Waals surface area contributed by atoms with E-state index in [1.54, 1.807) is 6.07 Å². The standard InChI is InChI=1S/C9H10INO3S/c1-6(12)11-9-4-3-7(5-8(9)10)15(2,13)14/h3-5H,1-2H3,(H,11,12). The van der Waals surface area contributed by atoms with E-state index in [1.165, 1.54) is 19.1 Å². The molecule has 1 rings (SSSR count). The zero-order valence-corrected chi connectivity index (χ0v) is 11.2. The number of halogens is 1. The van der Waals surface area contributed by atoms with Crippen LogP contribution in [0.2, 0.25) is 0 Å². The third-order valence-electron chi connectivity index (χ3n) is 1.68. The fraction of sp³-hybridized carbons (Fsp3) is 0.222. The van der Waals surface area contributed by atoms with Crippen molar-refractivity contribution in [3.8, 4) is 0 Å². The summed E-state index contributed by atoms with van der Waals surface area (Å²) in [6.45, 7) is 1.40. The van der Waals surface area contributed by atoms with Crippen LogP contribution in [-0.2, 0) is 14.6 Å². The van der Waals surface area contributed by atoms with Crippen LogP contribution in [0.1, 0.15) is 6.92 Å². The lowest BCUT2D eigenvalue weighted by atomic mass is 10.3. The van der Waals surface area contributed by atoms with E-state index in [9.17, 15) is 13.2 Å². The lowest BCUT2D eigenvalue weighted by Gasteiger charge is -2.06. The van der Waals surface area contributed by atoms with Crippen LogP contribution in [0.25, 0.3) is 0 Å². The fourth-order valence-electron chi connectivity index (χ4n) is 1.02. The highest BCUT2D eigenvalue weighted by Gasteiger charge is 2.09. The molecule has 15 heavy (non-hydrogen) atoms. The first-order valence-corrected chi connectivity index (χ1v) is 7.05. The minimum absolute atomic E-state index is 0.181. The van der Waals surface area contributed by atoms with Gasteiger partial charge >= 0.3 is 0 Å². The van der Waals surface area contributed by atoms with Gasteiger partial charge in [-0.1, -0.05) is 0 Å². The summed E-state index contributed by atoms with van der Waals surface area (Å²) < 4.78 is 23.2. The highest BCUT2D eigenvalue weighted by atomic mass is 127. The lowest BCUT2D eigenvalue weighted by molar-refractivity contribution is -0.114. The van der Waals surface area contributed by atoms with E-state index in [1.807, 2.05) is 22.6 Å². The molecule has 4 nitrogen and oxygen atoms in total. The Balaban J connectivity index is 3.15. The predicted octanol–water partition coefficient (Wildman–Crippen LogP) is 1.65. The second kappa shape index (κ2) is 4.48. The van der Waals surface area contributed by atoms with E-state index in [0.29, 0.717) is 9.26 Å². The molecule has 0 bridgehead atoms. The van der Waals surface area contributed by atoms with Crippen LogP contribution in [0.5, 0.6) is 0 Å². The van der Waals surface area contributed by atoms with Crippen LogP contribution < -0.4 is 5.32 Å². The SMILES string of the molecule is CC(=O)Nc1ccc(S(C)(=O)=O)cc1I. The Morgan fingerprint density at radius 2 is 2.00 bits per heavy atom. The van der Waals surface area contributed by atoms with Crippen molar-refractivity contribution in [2.24, 2.45) is 0 Å². The summed E-state index contributed by atoms with van der Waals surface area (Å²) in [4.78, 5) is 11.1. The highest BCUT2D eigenvalue weighted by Crippen LogP contribution is 2.22. The van der Waals surface area contributed by atoms with Crippen LogP contribution in [0, 0.1) is 3.57 Å². The van der Waals surface area contributed by atoms with Gasteiger partial charge in [0.05, 0.1) is 10.6 Å². The number of hydrogen-bond acceptors (Lipinski definition) is 3. The van der Waals surface area contributed by atoms with Gasteiger partial charge in [-0.3, -0.25) is 4.79 Å². The fourth-order valence-corrected chi connectivity index (χ4v) is 2.53. The number of amides is 1. The first kappa shape index (κ1) is 12.4. The molecule has 0 aliphatic heterocycles. The van der Waals surface area contributed by atoms with E-state index in [4.69, 9.17) is 0 Å². The van der Waals surface area contributed by atoms with Crippen molar-refractivity contribution in [2.75, 3.05) is 11.6 Å². The number of anilines is 1. The molecule has 0 saturated heterocycles. The normalized spacial score (nSPS) is 11.1. The Kier molecular flexibility index (Phi) is 3.72. The number of benzene rings is 1. The molecular formula is C9H10INO3S. The Morgan fingerprint density at radius 1 is 1.40 bits per heavy atom. The number of hydrogen-bond donors (Lipinski definition) is 1. The maximum atomic E-state index is 11.2. The Bertz CT molecular complexity index is 496.